The van der Waals surface area contributed by atoms with Gasteiger partial charge in [-0.25, -0.2) is 0 Å². The van der Waals surface area contributed by atoms with Crippen LogP contribution in [-0.2, 0) is 19.5 Å². The highest BCUT2D eigenvalue weighted by molar-refractivity contribution is 6.30. The average molecular weight is 378 g/mol. The molecule has 1 unspecified atom stereocenters. The van der Waals surface area contributed by atoms with E-state index in [1.54, 1.807) is 29.2 Å². The SMILES string of the molecule is O=C(Nc1ccc(Cl)cc1)c1ccc(C[NH+]2CCc3ccccc3C2)cc1. The molecule has 27 heavy (non-hydrogen) atoms. The van der Waals surface area contributed by atoms with E-state index in [0.29, 0.717) is 10.6 Å². The Kier molecular flexibility index (Phi) is 5.23. The zero-order valence-electron chi connectivity index (χ0n) is 15.0. The number of amides is 1. The quantitative estimate of drug-likeness (QED) is 0.713. The van der Waals surface area contributed by atoms with Crippen molar-refractivity contribution in [1.82, 2.24) is 0 Å². The van der Waals surface area contributed by atoms with Crippen molar-refractivity contribution in [2.45, 2.75) is 19.5 Å². The van der Waals surface area contributed by atoms with E-state index < -0.39 is 0 Å². The number of anilines is 1. The van der Waals surface area contributed by atoms with Crippen LogP contribution >= 0.6 is 11.6 Å². The standard InChI is InChI=1S/C23H21ClN2O/c24-21-9-11-22(12-10-21)25-23(27)19-7-5-17(6-8-19)15-26-14-13-18-3-1-2-4-20(18)16-26/h1-12H,13-16H2,(H,25,27)/p+1. The number of carbonyl (C=O) groups is 1. The van der Waals surface area contributed by atoms with E-state index in [2.05, 4.69) is 41.7 Å². The van der Waals surface area contributed by atoms with Crippen molar-refractivity contribution >= 4 is 23.2 Å². The molecule has 3 aromatic carbocycles. The zero-order chi connectivity index (χ0) is 18.6. The van der Waals surface area contributed by atoms with Crippen LogP contribution < -0.4 is 10.2 Å². The highest BCUT2D eigenvalue weighted by atomic mass is 35.5. The second-order valence-electron chi connectivity index (χ2n) is 7.03. The topological polar surface area (TPSA) is 33.5 Å². The van der Waals surface area contributed by atoms with Gasteiger partial charge in [-0.1, -0.05) is 48.0 Å². The number of halogens is 1. The van der Waals surface area contributed by atoms with Gasteiger partial charge in [0.2, 0.25) is 0 Å². The molecule has 136 valence electrons. The number of rotatable bonds is 4. The van der Waals surface area contributed by atoms with Crippen molar-refractivity contribution in [3.63, 3.8) is 0 Å². The van der Waals surface area contributed by atoms with Crippen LogP contribution in [-0.4, -0.2) is 12.5 Å². The van der Waals surface area contributed by atoms with Crippen molar-refractivity contribution in [1.29, 1.82) is 0 Å². The summed E-state index contributed by atoms with van der Waals surface area (Å²) >= 11 is 5.88. The molecule has 1 aliphatic rings. The maximum Gasteiger partial charge on any atom is 0.255 e. The molecule has 1 heterocycles. The van der Waals surface area contributed by atoms with Crippen molar-refractivity contribution in [3.8, 4) is 0 Å². The largest absolute Gasteiger partial charge is 0.327 e. The molecule has 3 nitrogen and oxygen atoms in total. The smallest absolute Gasteiger partial charge is 0.255 e. The lowest BCUT2D eigenvalue weighted by Crippen LogP contribution is -3.10. The van der Waals surface area contributed by atoms with Gasteiger partial charge < -0.3 is 10.2 Å². The van der Waals surface area contributed by atoms with Crippen LogP contribution in [0.4, 0.5) is 5.69 Å². The van der Waals surface area contributed by atoms with Crippen LogP contribution in [0.2, 0.25) is 5.02 Å². The summed E-state index contributed by atoms with van der Waals surface area (Å²) in [6, 6.07) is 23.8. The molecule has 0 radical (unpaired) electrons. The van der Waals surface area contributed by atoms with Crippen LogP contribution in [0.15, 0.2) is 72.8 Å². The van der Waals surface area contributed by atoms with E-state index >= 15 is 0 Å². The summed E-state index contributed by atoms with van der Waals surface area (Å²) in [6.45, 7) is 3.19. The first-order valence-corrected chi connectivity index (χ1v) is 9.61. The Bertz CT molecular complexity index is 935. The lowest BCUT2D eigenvalue weighted by Gasteiger charge is -2.26. The lowest BCUT2D eigenvalue weighted by atomic mass is 9.99. The molecule has 0 aromatic heterocycles. The summed E-state index contributed by atoms with van der Waals surface area (Å²) in [7, 11) is 0. The third-order valence-electron chi connectivity index (χ3n) is 5.08. The number of fused-ring (bicyclic) bond motifs is 1. The molecular weight excluding hydrogens is 356 g/mol. The van der Waals surface area contributed by atoms with Crippen molar-refractivity contribution in [2.24, 2.45) is 0 Å². The van der Waals surface area contributed by atoms with E-state index in [1.165, 1.54) is 16.7 Å². The molecule has 0 spiro atoms. The molecule has 4 rings (SSSR count). The summed E-state index contributed by atoms with van der Waals surface area (Å²) in [4.78, 5) is 14.0. The van der Waals surface area contributed by atoms with Gasteiger partial charge >= 0.3 is 0 Å². The van der Waals surface area contributed by atoms with E-state index in [0.717, 1.165) is 31.7 Å². The van der Waals surface area contributed by atoms with Crippen LogP contribution in [0.25, 0.3) is 0 Å². The van der Waals surface area contributed by atoms with Gasteiger partial charge in [-0.3, -0.25) is 4.79 Å². The van der Waals surface area contributed by atoms with Gasteiger partial charge in [-0.15, -0.1) is 0 Å². The molecule has 0 bridgehead atoms. The molecule has 0 fully saturated rings. The monoisotopic (exact) mass is 377 g/mol. The fourth-order valence-corrected chi connectivity index (χ4v) is 3.72. The fourth-order valence-electron chi connectivity index (χ4n) is 3.59. The molecule has 0 saturated heterocycles. The van der Waals surface area contributed by atoms with Crippen molar-refractivity contribution in [3.05, 3.63) is 100 Å². The van der Waals surface area contributed by atoms with Crippen LogP contribution in [0.5, 0.6) is 0 Å². The average Bonchev–Trinajstić information content (AvgIpc) is 2.70. The lowest BCUT2D eigenvalue weighted by molar-refractivity contribution is -0.929. The van der Waals surface area contributed by atoms with Crippen molar-refractivity contribution < 1.29 is 9.69 Å². The number of benzene rings is 3. The molecule has 0 aliphatic carbocycles. The van der Waals surface area contributed by atoms with Crippen molar-refractivity contribution in [2.75, 3.05) is 11.9 Å². The second kappa shape index (κ2) is 7.95. The molecule has 2 N–H and O–H groups in total. The first-order valence-electron chi connectivity index (χ1n) is 9.23. The van der Waals surface area contributed by atoms with E-state index in [9.17, 15) is 4.79 Å². The van der Waals surface area contributed by atoms with E-state index in [-0.39, 0.29) is 5.91 Å². The predicted molar refractivity (Wildman–Crippen MR) is 109 cm³/mol. The Balaban J connectivity index is 1.37. The molecule has 0 saturated carbocycles. The highest BCUT2D eigenvalue weighted by Crippen LogP contribution is 2.15. The summed E-state index contributed by atoms with van der Waals surface area (Å²) in [5, 5.41) is 3.55. The summed E-state index contributed by atoms with van der Waals surface area (Å²) < 4.78 is 0. The minimum Gasteiger partial charge on any atom is -0.327 e. The van der Waals surface area contributed by atoms with Gasteiger partial charge in [0.1, 0.15) is 13.1 Å². The molecule has 4 heteroatoms. The maximum absolute atomic E-state index is 12.4. The fraction of sp³-hybridized carbons (Fsp3) is 0.174. The van der Waals surface area contributed by atoms with Crippen LogP contribution in [0, 0.1) is 0 Å². The van der Waals surface area contributed by atoms with Crippen LogP contribution in [0.1, 0.15) is 27.0 Å². The maximum atomic E-state index is 12.4. The normalized spacial score (nSPS) is 15.8. The van der Waals surface area contributed by atoms with Gasteiger partial charge in [0.05, 0.1) is 6.54 Å². The minimum absolute atomic E-state index is 0.108. The number of carbonyl (C=O) groups excluding carboxylic acids is 1. The van der Waals surface area contributed by atoms with E-state index in [4.69, 9.17) is 11.6 Å². The predicted octanol–water partition coefficient (Wildman–Crippen LogP) is 3.73. The number of quaternary nitrogens is 1. The number of nitrogens with one attached hydrogen (secondary N) is 2. The first kappa shape index (κ1) is 17.8. The Morgan fingerprint density at radius 1 is 0.926 bits per heavy atom. The number of hydrogen-bond donors (Lipinski definition) is 2. The zero-order valence-corrected chi connectivity index (χ0v) is 15.8. The minimum atomic E-state index is -0.108. The summed E-state index contributed by atoms with van der Waals surface area (Å²) in [6.07, 6.45) is 1.13. The van der Waals surface area contributed by atoms with Gasteiger partial charge in [0.25, 0.3) is 5.91 Å². The molecule has 1 atom stereocenters. The summed E-state index contributed by atoms with van der Waals surface area (Å²) in [5.74, 6) is -0.108. The third kappa shape index (κ3) is 4.38. The Morgan fingerprint density at radius 3 is 2.37 bits per heavy atom. The summed E-state index contributed by atoms with van der Waals surface area (Å²) in [5.41, 5.74) is 5.60. The van der Waals surface area contributed by atoms with Gasteiger partial charge in [0, 0.05) is 33.8 Å². The van der Waals surface area contributed by atoms with Gasteiger partial charge in [-0.05, 0) is 42.0 Å². The molecule has 1 amide bonds. The Morgan fingerprint density at radius 2 is 1.63 bits per heavy atom. The second-order valence-corrected chi connectivity index (χ2v) is 7.47. The third-order valence-corrected chi connectivity index (χ3v) is 5.33. The first-order chi connectivity index (χ1) is 13.2. The van der Waals surface area contributed by atoms with Gasteiger partial charge in [-0.2, -0.15) is 0 Å². The van der Waals surface area contributed by atoms with Crippen LogP contribution in [0.3, 0.4) is 0 Å². The van der Waals surface area contributed by atoms with E-state index in [1.807, 2.05) is 12.1 Å². The molecule has 3 aromatic rings. The Hall–Kier alpha value is -2.62. The van der Waals surface area contributed by atoms with Gasteiger partial charge in [0.15, 0.2) is 0 Å². The number of hydrogen-bond acceptors (Lipinski definition) is 1. The molecule has 1 aliphatic heterocycles. The highest BCUT2D eigenvalue weighted by Gasteiger charge is 2.19. The molecular formula is C23H22ClN2O+. The Labute approximate surface area is 164 Å².